The number of aromatic nitrogens is 1. The predicted octanol–water partition coefficient (Wildman–Crippen LogP) is 3.61. The van der Waals surface area contributed by atoms with Crippen LogP contribution in [0.4, 0.5) is 11.4 Å². The first-order chi connectivity index (χ1) is 13.7. The van der Waals surface area contributed by atoms with Gasteiger partial charge in [-0.3, -0.25) is 4.79 Å². The summed E-state index contributed by atoms with van der Waals surface area (Å²) in [5.41, 5.74) is 4.90. The molecule has 0 saturated carbocycles. The van der Waals surface area contributed by atoms with Crippen molar-refractivity contribution in [1.29, 1.82) is 0 Å². The molecule has 144 valence electrons. The van der Waals surface area contributed by atoms with Crippen LogP contribution in [-0.2, 0) is 0 Å². The summed E-state index contributed by atoms with van der Waals surface area (Å²) in [4.78, 5) is 18.1. The molecule has 5 rings (SSSR count). The Labute approximate surface area is 164 Å². The number of carbonyl (C=O) groups is 1. The van der Waals surface area contributed by atoms with Crippen molar-refractivity contribution in [2.24, 2.45) is 0 Å². The molecular formula is C22H24N4O2. The Kier molecular flexibility index (Phi) is 4.09. The summed E-state index contributed by atoms with van der Waals surface area (Å²) in [5.74, 6) is 0.739. The molecule has 1 fully saturated rings. The molecule has 1 aliphatic carbocycles. The first-order valence-corrected chi connectivity index (χ1v) is 10.0. The minimum Gasteiger partial charge on any atom is -0.385 e. The number of piperazine rings is 1. The number of carbonyl (C=O) groups excluding carboxylic acids is 1. The molecule has 2 heterocycles. The molecule has 6 nitrogen and oxygen atoms in total. The first kappa shape index (κ1) is 17.3. The molecule has 2 aromatic carbocycles. The van der Waals surface area contributed by atoms with Gasteiger partial charge in [0.1, 0.15) is 5.52 Å². The highest BCUT2D eigenvalue weighted by atomic mass is 16.5. The number of rotatable bonds is 4. The number of ketones is 1. The monoisotopic (exact) mass is 376 g/mol. The molecule has 1 N–H and O–H groups in total. The van der Waals surface area contributed by atoms with E-state index >= 15 is 0 Å². The molecule has 0 atom stereocenters. The predicted molar refractivity (Wildman–Crippen MR) is 111 cm³/mol. The van der Waals surface area contributed by atoms with Gasteiger partial charge >= 0.3 is 0 Å². The van der Waals surface area contributed by atoms with E-state index in [4.69, 9.17) is 4.52 Å². The van der Waals surface area contributed by atoms with Crippen molar-refractivity contribution in [1.82, 2.24) is 10.1 Å². The SMILES string of the molecule is CCNc1cc(N2CCN(CC)CC2)c2noc3c2c1C(=O)c1ccccc1-3. The number of benzene rings is 2. The molecule has 1 aromatic heterocycles. The molecular weight excluding hydrogens is 352 g/mol. The van der Waals surface area contributed by atoms with Crippen LogP contribution < -0.4 is 10.2 Å². The van der Waals surface area contributed by atoms with E-state index in [1.54, 1.807) is 0 Å². The quantitative estimate of drug-likeness (QED) is 0.587. The average Bonchev–Trinajstić information content (AvgIpc) is 3.18. The van der Waals surface area contributed by atoms with Crippen LogP contribution in [0.25, 0.3) is 22.2 Å². The maximum absolute atomic E-state index is 13.3. The fourth-order valence-corrected chi connectivity index (χ4v) is 4.42. The summed E-state index contributed by atoms with van der Waals surface area (Å²) >= 11 is 0. The summed E-state index contributed by atoms with van der Waals surface area (Å²) in [6.45, 7) is 10.0. The Hall–Kier alpha value is -2.86. The van der Waals surface area contributed by atoms with Crippen molar-refractivity contribution in [3.8, 4) is 11.3 Å². The van der Waals surface area contributed by atoms with E-state index in [1.165, 1.54) is 0 Å². The lowest BCUT2D eigenvalue weighted by molar-refractivity contribution is 0.104. The third-order valence-corrected chi connectivity index (χ3v) is 5.91. The maximum Gasteiger partial charge on any atom is 0.196 e. The van der Waals surface area contributed by atoms with E-state index in [2.05, 4.69) is 33.3 Å². The zero-order valence-corrected chi connectivity index (χ0v) is 16.3. The summed E-state index contributed by atoms with van der Waals surface area (Å²) in [6, 6.07) is 9.72. The van der Waals surface area contributed by atoms with Crippen molar-refractivity contribution in [3.05, 3.63) is 41.5 Å². The van der Waals surface area contributed by atoms with Crippen molar-refractivity contribution < 1.29 is 9.32 Å². The number of nitrogens with zero attached hydrogens (tertiary/aromatic N) is 3. The van der Waals surface area contributed by atoms with Crippen molar-refractivity contribution in [2.45, 2.75) is 13.8 Å². The average molecular weight is 376 g/mol. The zero-order valence-electron chi connectivity index (χ0n) is 16.3. The largest absolute Gasteiger partial charge is 0.385 e. The molecule has 0 radical (unpaired) electrons. The third kappa shape index (κ3) is 2.44. The highest BCUT2D eigenvalue weighted by Crippen LogP contribution is 2.45. The lowest BCUT2D eigenvalue weighted by atomic mass is 9.86. The van der Waals surface area contributed by atoms with Crippen LogP contribution >= 0.6 is 0 Å². The zero-order chi connectivity index (χ0) is 19.3. The minimum atomic E-state index is 0.0367. The van der Waals surface area contributed by atoms with E-state index in [1.807, 2.05) is 31.2 Å². The first-order valence-electron chi connectivity index (χ1n) is 10.0. The van der Waals surface area contributed by atoms with Crippen LogP contribution in [0.2, 0.25) is 0 Å². The fraction of sp³-hybridized carbons (Fsp3) is 0.364. The Morgan fingerprint density at radius 3 is 2.57 bits per heavy atom. The van der Waals surface area contributed by atoms with Crippen LogP contribution in [0.3, 0.4) is 0 Å². The highest BCUT2D eigenvalue weighted by Gasteiger charge is 2.33. The molecule has 1 aliphatic heterocycles. The molecule has 3 aromatic rings. The summed E-state index contributed by atoms with van der Waals surface area (Å²) < 4.78 is 5.81. The molecule has 0 unspecified atom stereocenters. The van der Waals surface area contributed by atoms with Gasteiger partial charge in [0, 0.05) is 49.5 Å². The Morgan fingerprint density at radius 2 is 1.86 bits per heavy atom. The van der Waals surface area contributed by atoms with Crippen LogP contribution in [-0.4, -0.2) is 55.1 Å². The van der Waals surface area contributed by atoms with Crippen molar-refractivity contribution in [3.63, 3.8) is 0 Å². The van der Waals surface area contributed by atoms with Gasteiger partial charge in [-0.15, -0.1) is 0 Å². The van der Waals surface area contributed by atoms with Crippen LogP contribution in [0, 0.1) is 0 Å². The topological polar surface area (TPSA) is 61.6 Å². The summed E-state index contributed by atoms with van der Waals surface area (Å²) in [6.07, 6.45) is 0. The molecule has 0 bridgehead atoms. The van der Waals surface area contributed by atoms with Gasteiger partial charge in [0.15, 0.2) is 11.5 Å². The minimum absolute atomic E-state index is 0.0367. The number of anilines is 2. The van der Waals surface area contributed by atoms with E-state index in [-0.39, 0.29) is 5.78 Å². The van der Waals surface area contributed by atoms with Gasteiger partial charge in [-0.1, -0.05) is 36.3 Å². The third-order valence-electron chi connectivity index (χ3n) is 5.91. The number of fused-ring (bicyclic) bond motifs is 2. The highest BCUT2D eigenvalue weighted by molar-refractivity contribution is 6.28. The fourth-order valence-electron chi connectivity index (χ4n) is 4.42. The normalized spacial score (nSPS) is 16.5. The van der Waals surface area contributed by atoms with E-state index in [0.717, 1.165) is 67.1 Å². The lowest BCUT2D eigenvalue weighted by Gasteiger charge is -2.36. The van der Waals surface area contributed by atoms with Crippen LogP contribution in [0.1, 0.15) is 29.8 Å². The Balaban J connectivity index is 1.72. The number of hydrogen-bond donors (Lipinski definition) is 1. The standard InChI is InChI=1S/C22H24N4O2/c1-3-23-16-13-17(26-11-9-25(4-2)10-12-26)20-19-18(16)21(27)14-7-5-6-8-15(14)22(19)28-24-20/h5-8,13,23H,3-4,9-12H2,1-2H3. The Bertz CT molecular complexity index is 1060. The van der Waals surface area contributed by atoms with Gasteiger partial charge in [-0.05, 0) is 19.5 Å². The number of hydrogen-bond acceptors (Lipinski definition) is 6. The van der Waals surface area contributed by atoms with E-state index in [0.29, 0.717) is 16.9 Å². The van der Waals surface area contributed by atoms with Crippen LogP contribution in [0.15, 0.2) is 34.9 Å². The van der Waals surface area contributed by atoms with Crippen molar-refractivity contribution in [2.75, 3.05) is 49.5 Å². The number of nitrogens with one attached hydrogen (secondary N) is 1. The van der Waals surface area contributed by atoms with E-state index in [9.17, 15) is 4.79 Å². The van der Waals surface area contributed by atoms with Gasteiger partial charge in [0.25, 0.3) is 0 Å². The second-order valence-electron chi connectivity index (χ2n) is 7.38. The van der Waals surface area contributed by atoms with Crippen molar-refractivity contribution >= 4 is 28.1 Å². The van der Waals surface area contributed by atoms with Gasteiger partial charge in [-0.2, -0.15) is 0 Å². The second-order valence-corrected chi connectivity index (χ2v) is 7.38. The molecule has 1 saturated heterocycles. The van der Waals surface area contributed by atoms with Gasteiger partial charge in [0.2, 0.25) is 0 Å². The summed E-state index contributed by atoms with van der Waals surface area (Å²) in [5, 5.41) is 8.68. The summed E-state index contributed by atoms with van der Waals surface area (Å²) in [7, 11) is 0. The molecule has 6 heteroatoms. The van der Waals surface area contributed by atoms with Gasteiger partial charge in [-0.25, -0.2) is 0 Å². The second kappa shape index (κ2) is 6.63. The Morgan fingerprint density at radius 1 is 1.11 bits per heavy atom. The van der Waals surface area contributed by atoms with Crippen LogP contribution in [0.5, 0.6) is 0 Å². The molecule has 28 heavy (non-hydrogen) atoms. The molecule has 0 spiro atoms. The number of likely N-dealkylation sites (N-methyl/N-ethyl adjacent to an activating group) is 1. The van der Waals surface area contributed by atoms with E-state index < -0.39 is 0 Å². The smallest absolute Gasteiger partial charge is 0.196 e. The molecule has 0 amide bonds. The lowest BCUT2D eigenvalue weighted by Crippen LogP contribution is -2.46. The maximum atomic E-state index is 13.3. The molecule has 2 aliphatic rings. The van der Waals surface area contributed by atoms with Gasteiger partial charge in [0.05, 0.1) is 16.6 Å². The van der Waals surface area contributed by atoms with Gasteiger partial charge < -0.3 is 19.6 Å².